The van der Waals surface area contributed by atoms with Crippen LogP contribution in [0, 0.1) is 5.92 Å². The molecule has 1 aromatic rings. The van der Waals surface area contributed by atoms with Crippen LogP contribution in [0.5, 0.6) is 0 Å². The smallest absolute Gasteiger partial charge is 0.328 e. The van der Waals surface area contributed by atoms with Gasteiger partial charge in [-0.1, -0.05) is 31.9 Å². The maximum absolute atomic E-state index is 12.0. The Labute approximate surface area is 134 Å². The molecule has 0 aliphatic heterocycles. The van der Waals surface area contributed by atoms with Gasteiger partial charge in [-0.2, -0.15) is 0 Å². The number of rotatable bonds is 7. The number of carbonyl (C=O) groups is 2. The number of halogens is 1. The standard InChI is InChI=1S/C15H20ClNO3S/c1-4-10(2)14(15(19)20-3)17-13(18)9-21-12-7-5-11(16)6-8-12/h5-8,10,14H,4,9H2,1-3H3,(H,17,18)/t10-,14+/m0/s1. The quantitative estimate of drug-likeness (QED) is 0.617. The lowest BCUT2D eigenvalue weighted by Crippen LogP contribution is -2.46. The molecule has 0 aliphatic rings. The van der Waals surface area contributed by atoms with Crippen LogP contribution in [-0.4, -0.2) is 30.8 Å². The van der Waals surface area contributed by atoms with Crippen LogP contribution in [0.4, 0.5) is 0 Å². The predicted molar refractivity (Wildman–Crippen MR) is 85.6 cm³/mol. The van der Waals surface area contributed by atoms with Gasteiger partial charge < -0.3 is 10.1 Å². The topological polar surface area (TPSA) is 55.4 Å². The molecule has 0 heterocycles. The van der Waals surface area contributed by atoms with Crippen molar-refractivity contribution in [3.8, 4) is 0 Å². The molecule has 0 radical (unpaired) electrons. The highest BCUT2D eigenvalue weighted by molar-refractivity contribution is 8.00. The fourth-order valence-corrected chi connectivity index (χ4v) is 2.53. The second kappa shape index (κ2) is 8.95. The lowest BCUT2D eigenvalue weighted by atomic mass is 9.99. The van der Waals surface area contributed by atoms with Gasteiger partial charge in [-0.25, -0.2) is 4.79 Å². The van der Waals surface area contributed by atoms with Gasteiger partial charge in [-0.05, 0) is 30.2 Å². The average Bonchev–Trinajstić information content (AvgIpc) is 2.50. The zero-order valence-corrected chi connectivity index (χ0v) is 14.0. The molecule has 116 valence electrons. The molecule has 0 saturated heterocycles. The fraction of sp³-hybridized carbons (Fsp3) is 0.467. The van der Waals surface area contributed by atoms with E-state index in [0.717, 1.165) is 11.3 Å². The number of nitrogens with one attached hydrogen (secondary N) is 1. The Balaban J connectivity index is 2.53. The number of benzene rings is 1. The highest BCUT2D eigenvalue weighted by Crippen LogP contribution is 2.20. The summed E-state index contributed by atoms with van der Waals surface area (Å²) in [5.41, 5.74) is 0. The molecule has 0 bridgehead atoms. The van der Waals surface area contributed by atoms with E-state index in [9.17, 15) is 9.59 Å². The normalized spacial score (nSPS) is 13.3. The molecule has 2 atom stereocenters. The third kappa shape index (κ3) is 5.98. The number of ether oxygens (including phenoxy) is 1. The number of hydrogen-bond donors (Lipinski definition) is 1. The van der Waals surface area contributed by atoms with E-state index in [4.69, 9.17) is 16.3 Å². The minimum absolute atomic E-state index is 0.0296. The van der Waals surface area contributed by atoms with Crippen molar-refractivity contribution in [1.82, 2.24) is 5.32 Å². The van der Waals surface area contributed by atoms with Gasteiger partial charge >= 0.3 is 5.97 Å². The van der Waals surface area contributed by atoms with Gasteiger partial charge in [0, 0.05) is 9.92 Å². The Morgan fingerprint density at radius 1 is 1.33 bits per heavy atom. The maximum atomic E-state index is 12.0. The van der Waals surface area contributed by atoms with Crippen LogP contribution in [-0.2, 0) is 14.3 Å². The molecule has 6 heteroatoms. The monoisotopic (exact) mass is 329 g/mol. The van der Waals surface area contributed by atoms with E-state index in [1.165, 1.54) is 18.9 Å². The molecular weight excluding hydrogens is 310 g/mol. The summed E-state index contributed by atoms with van der Waals surface area (Å²) in [6, 6.07) is 6.66. The molecule has 1 N–H and O–H groups in total. The molecule has 0 aromatic heterocycles. The van der Waals surface area contributed by atoms with Crippen molar-refractivity contribution in [3.63, 3.8) is 0 Å². The van der Waals surface area contributed by atoms with Crippen LogP contribution in [0.25, 0.3) is 0 Å². The summed E-state index contributed by atoms with van der Waals surface area (Å²) in [5, 5.41) is 3.40. The van der Waals surface area contributed by atoms with Crippen LogP contribution in [0.15, 0.2) is 29.2 Å². The van der Waals surface area contributed by atoms with Gasteiger partial charge in [0.1, 0.15) is 6.04 Å². The molecule has 0 spiro atoms. The van der Waals surface area contributed by atoms with Crippen molar-refractivity contribution in [3.05, 3.63) is 29.3 Å². The molecular formula is C15H20ClNO3S. The van der Waals surface area contributed by atoms with E-state index in [-0.39, 0.29) is 17.6 Å². The summed E-state index contributed by atoms with van der Waals surface area (Å²) >= 11 is 7.20. The fourth-order valence-electron chi connectivity index (χ4n) is 1.69. The van der Waals surface area contributed by atoms with E-state index in [0.29, 0.717) is 5.02 Å². The van der Waals surface area contributed by atoms with Gasteiger partial charge in [0.2, 0.25) is 5.91 Å². The third-order valence-corrected chi connectivity index (χ3v) is 4.43. The number of esters is 1. The van der Waals surface area contributed by atoms with E-state index in [2.05, 4.69) is 5.32 Å². The Hall–Kier alpha value is -1.20. The van der Waals surface area contributed by atoms with Gasteiger partial charge in [0.15, 0.2) is 0 Å². The van der Waals surface area contributed by atoms with Crippen LogP contribution >= 0.6 is 23.4 Å². The Bertz CT molecular complexity index is 478. The minimum atomic E-state index is -0.599. The predicted octanol–water partition coefficient (Wildman–Crippen LogP) is 3.14. The average molecular weight is 330 g/mol. The van der Waals surface area contributed by atoms with Crippen LogP contribution in [0.3, 0.4) is 0 Å². The minimum Gasteiger partial charge on any atom is -0.467 e. The largest absolute Gasteiger partial charge is 0.467 e. The first kappa shape index (κ1) is 17.9. The number of thioether (sulfide) groups is 1. The van der Waals surface area contributed by atoms with Crippen molar-refractivity contribution in [2.75, 3.05) is 12.9 Å². The molecule has 0 saturated carbocycles. The molecule has 1 aromatic carbocycles. The second-order valence-corrected chi connectivity index (χ2v) is 6.18. The van der Waals surface area contributed by atoms with Gasteiger partial charge in [-0.3, -0.25) is 4.79 Å². The van der Waals surface area contributed by atoms with Crippen molar-refractivity contribution >= 4 is 35.2 Å². The van der Waals surface area contributed by atoms with Crippen LogP contribution < -0.4 is 5.32 Å². The van der Waals surface area contributed by atoms with Gasteiger partial charge in [0.05, 0.1) is 12.9 Å². The maximum Gasteiger partial charge on any atom is 0.328 e. The lowest BCUT2D eigenvalue weighted by Gasteiger charge is -2.21. The Morgan fingerprint density at radius 2 is 1.95 bits per heavy atom. The Morgan fingerprint density at radius 3 is 2.48 bits per heavy atom. The highest BCUT2D eigenvalue weighted by Gasteiger charge is 2.26. The molecule has 1 rings (SSSR count). The van der Waals surface area contributed by atoms with Crippen molar-refractivity contribution in [1.29, 1.82) is 0 Å². The van der Waals surface area contributed by atoms with E-state index < -0.39 is 12.0 Å². The number of amides is 1. The Kier molecular flexibility index (Phi) is 7.61. The van der Waals surface area contributed by atoms with Gasteiger partial charge in [-0.15, -0.1) is 11.8 Å². The first-order valence-electron chi connectivity index (χ1n) is 6.73. The summed E-state index contributed by atoms with van der Waals surface area (Å²) in [6.07, 6.45) is 0.782. The highest BCUT2D eigenvalue weighted by atomic mass is 35.5. The third-order valence-electron chi connectivity index (χ3n) is 3.17. The molecule has 1 amide bonds. The van der Waals surface area contributed by atoms with Crippen molar-refractivity contribution < 1.29 is 14.3 Å². The van der Waals surface area contributed by atoms with E-state index in [1.54, 1.807) is 12.1 Å². The molecule has 4 nitrogen and oxygen atoms in total. The zero-order valence-electron chi connectivity index (χ0n) is 12.4. The van der Waals surface area contributed by atoms with E-state index in [1.807, 2.05) is 26.0 Å². The summed E-state index contributed by atoms with van der Waals surface area (Å²) in [5.74, 6) is -0.326. The van der Waals surface area contributed by atoms with E-state index >= 15 is 0 Å². The molecule has 21 heavy (non-hydrogen) atoms. The zero-order chi connectivity index (χ0) is 15.8. The summed E-state index contributed by atoms with van der Waals surface area (Å²) < 4.78 is 4.74. The summed E-state index contributed by atoms with van der Waals surface area (Å²) in [4.78, 5) is 24.6. The second-order valence-electron chi connectivity index (χ2n) is 4.70. The van der Waals surface area contributed by atoms with Gasteiger partial charge in [0.25, 0.3) is 0 Å². The van der Waals surface area contributed by atoms with Crippen molar-refractivity contribution in [2.24, 2.45) is 5.92 Å². The molecule has 0 unspecified atom stereocenters. The number of methoxy groups -OCH3 is 1. The van der Waals surface area contributed by atoms with Crippen LogP contribution in [0.1, 0.15) is 20.3 Å². The molecule has 0 aliphatic carbocycles. The van der Waals surface area contributed by atoms with Crippen molar-refractivity contribution in [2.45, 2.75) is 31.2 Å². The summed E-state index contributed by atoms with van der Waals surface area (Å²) in [6.45, 7) is 3.88. The molecule has 0 fully saturated rings. The van der Waals surface area contributed by atoms with Crippen LogP contribution in [0.2, 0.25) is 5.02 Å². The summed E-state index contributed by atoms with van der Waals surface area (Å²) in [7, 11) is 1.33. The number of hydrogen-bond acceptors (Lipinski definition) is 4. The SMILES string of the molecule is CC[C@H](C)[C@@H](NC(=O)CSc1ccc(Cl)cc1)C(=O)OC. The number of carbonyl (C=O) groups excluding carboxylic acids is 2. The first-order valence-corrected chi connectivity index (χ1v) is 8.09. The lowest BCUT2D eigenvalue weighted by molar-refractivity contribution is -0.146. The first-order chi connectivity index (χ1) is 9.97.